The second-order valence-electron chi connectivity index (χ2n) is 6.77. The number of alkyl halides is 3. The van der Waals surface area contributed by atoms with Gasteiger partial charge in [-0.2, -0.15) is 18.7 Å². The highest BCUT2D eigenvalue weighted by molar-refractivity contribution is 6.00. The molecule has 2 rings (SSSR count). The molecule has 174 valence electrons. The van der Waals surface area contributed by atoms with Crippen LogP contribution in [-0.4, -0.2) is 25.8 Å². The lowest BCUT2D eigenvalue weighted by Gasteiger charge is -2.20. The molecule has 2 aromatic carbocycles. The highest BCUT2D eigenvalue weighted by Crippen LogP contribution is 2.34. The third kappa shape index (κ3) is 5.80. The van der Waals surface area contributed by atoms with Crippen molar-refractivity contribution in [2.75, 3.05) is 14.2 Å². The van der Waals surface area contributed by atoms with Gasteiger partial charge in [0.05, 0.1) is 18.4 Å². The molecule has 1 amide bonds. The zero-order chi connectivity index (χ0) is 24.1. The number of likely N-dealkylation sites (N-methyl/N-ethyl adjacent to an activating group) is 1. The summed E-state index contributed by atoms with van der Waals surface area (Å²) in [6.45, 7) is 2.63. The summed E-state index contributed by atoms with van der Waals surface area (Å²) < 4.78 is 67.2. The van der Waals surface area contributed by atoms with E-state index in [1.807, 2.05) is 0 Å². The van der Waals surface area contributed by atoms with Crippen LogP contribution >= 0.6 is 0 Å². The number of carbonyl (C=O) groups is 1. The maximum Gasteiger partial charge on any atom is 0.417 e. The summed E-state index contributed by atoms with van der Waals surface area (Å²) in [6.07, 6.45) is -5.00. The molecule has 0 radical (unpaired) electrons. The standard InChI is InChI=1S/C21H22F5N3O3/c1-11-6-5-7-14(19(29-31-4)20(30)27-3)15(11)10-32-28-12(2)18-16(21(24,25)26)8-13(22)9-17(18)23/h5-9,19,29H,10H2,1-4H3,(H,27,30)/b28-12+. The smallest absolute Gasteiger partial charge is 0.391 e. The molecule has 0 aliphatic rings. The van der Waals surface area contributed by atoms with Gasteiger partial charge in [-0.25, -0.2) is 8.78 Å². The van der Waals surface area contributed by atoms with E-state index < -0.39 is 46.6 Å². The predicted octanol–water partition coefficient (Wildman–Crippen LogP) is 4.17. The molecule has 0 saturated carbocycles. The first-order chi connectivity index (χ1) is 15.0. The first kappa shape index (κ1) is 25.2. The van der Waals surface area contributed by atoms with Crippen LogP contribution in [0, 0.1) is 18.6 Å². The van der Waals surface area contributed by atoms with Crippen molar-refractivity contribution in [1.82, 2.24) is 10.8 Å². The van der Waals surface area contributed by atoms with Crippen molar-refractivity contribution in [3.8, 4) is 0 Å². The van der Waals surface area contributed by atoms with E-state index in [0.717, 1.165) is 6.92 Å². The van der Waals surface area contributed by atoms with Gasteiger partial charge in [0.1, 0.15) is 24.3 Å². The summed E-state index contributed by atoms with van der Waals surface area (Å²) in [4.78, 5) is 22.3. The lowest BCUT2D eigenvalue weighted by molar-refractivity contribution is -0.138. The van der Waals surface area contributed by atoms with Gasteiger partial charge >= 0.3 is 6.18 Å². The van der Waals surface area contributed by atoms with Gasteiger partial charge in [0.25, 0.3) is 0 Å². The van der Waals surface area contributed by atoms with Crippen molar-refractivity contribution in [3.05, 3.63) is 69.8 Å². The molecule has 1 atom stereocenters. The van der Waals surface area contributed by atoms with Crippen LogP contribution in [0.1, 0.15) is 40.8 Å². The zero-order valence-corrected chi connectivity index (χ0v) is 17.7. The minimum Gasteiger partial charge on any atom is -0.391 e. The fourth-order valence-corrected chi connectivity index (χ4v) is 3.12. The van der Waals surface area contributed by atoms with Gasteiger partial charge in [-0.15, -0.1) is 0 Å². The van der Waals surface area contributed by atoms with Gasteiger partial charge in [0, 0.05) is 24.2 Å². The summed E-state index contributed by atoms with van der Waals surface area (Å²) in [7, 11) is 2.78. The minimum atomic E-state index is -5.00. The van der Waals surface area contributed by atoms with Crippen LogP contribution in [0.5, 0.6) is 0 Å². The molecule has 1 unspecified atom stereocenters. The average molecular weight is 459 g/mol. The van der Waals surface area contributed by atoms with Crippen molar-refractivity contribution < 1.29 is 36.4 Å². The number of rotatable bonds is 8. The third-order valence-corrected chi connectivity index (χ3v) is 4.63. The van der Waals surface area contributed by atoms with Gasteiger partial charge in [-0.3, -0.25) is 4.79 Å². The fraction of sp³-hybridized carbons (Fsp3) is 0.333. The Morgan fingerprint density at radius 1 is 1.22 bits per heavy atom. The van der Waals surface area contributed by atoms with Gasteiger partial charge in [0.2, 0.25) is 5.91 Å². The minimum absolute atomic E-state index is 0.196. The van der Waals surface area contributed by atoms with Gasteiger partial charge < -0.3 is 15.0 Å². The number of halogens is 5. The van der Waals surface area contributed by atoms with Crippen LogP contribution in [-0.2, 0) is 27.3 Å². The summed E-state index contributed by atoms with van der Waals surface area (Å²) in [5.74, 6) is -3.17. The molecule has 2 N–H and O–H groups in total. The molecule has 32 heavy (non-hydrogen) atoms. The van der Waals surface area contributed by atoms with Crippen molar-refractivity contribution in [1.29, 1.82) is 0 Å². The van der Waals surface area contributed by atoms with E-state index in [9.17, 15) is 26.7 Å². The number of hydroxylamine groups is 1. The van der Waals surface area contributed by atoms with Crippen molar-refractivity contribution in [2.45, 2.75) is 32.7 Å². The Hall–Kier alpha value is -3.05. The van der Waals surface area contributed by atoms with E-state index in [1.165, 1.54) is 14.2 Å². The van der Waals surface area contributed by atoms with Gasteiger partial charge in [-0.1, -0.05) is 23.4 Å². The second kappa shape index (κ2) is 10.5. The monoisotopic (exact) mass is 459 g/mol. The first-order valence-corrected chi connectivity index (χ1v) is 9.32. The van der Waals surface area contributed by atoms with E-state index >= 15 is 0 Å². The molecule has 0 bridgehead atoms. The number of amides is 1. The van der Waals surface area contributed by atoms with Crippen LogP contribution in [0.25, 0.3) is 0 Å². The summed E-state index contributed by atoms with van der Waals surface area (Å²) in [6, 6.07) is 4.73. The number of hydrogen-bond acceptors (Lipinski definition) is 5. The normalized spacial score (nSPS) is 13.1. The average Bonchev–Trinajstić information content (AvgIpc) is 2.71. The molecule has 6 nitrogen and oxygen atoms in total. The molecule has 11 heteroatoms. The number of aryl methyl sites for hydroxylation is 1. The maximum absolute atomic E-state index is 14.1. The number of benzene rings is 2. The van der Waals surface area contributed by atoms with E-state index in [1.54, 1.807) is 25.1 Å². The molecule has 0 fully saturated rings. The Balaban J connectivity index is 2.38. The summed E-state index contributed by atoms with van der Waals surface area (Å²) in [5, 5.41) is 6.10. The highest BCUT2D eigenvalue weighted by atomic mass is 19.4. The molecule has 0 aromatic heterocycles. The Morgan fingerprint density at radius 3 is 2.50 bits per heavy atom. The van der Waals surface area contributed by atoms with E-state index in [0.29, 0.717) is 22.8 Å². The Bertz CT molecular complexity index is 1010. The number of oxime groups is 1. The van der Waals surface area contributed by atoms with Crippen LogP contribution in [0.2, 0.25) is 0 Å². The summed E-state index contributed by atoms with van der Waals surface area (Å²) in [5.41, 5.74) is 1.46. The quantitative estimate of drug-likeness (QED) is 0.353. The highest BCUT2D eigenvalue weighted by Gasteiger charge is 2.36. The number of nitrogens with zero attached hydrogens (tertiary/aromatic N) is 1. The molecule has 0 saturated heterocycles. The van der Waals surface area contributed by atoms with E-state index in [-0.39, 0.29) is 12.7 Å². The lowest BCUT2D eigenvalue weighted by atomic mass is 9.96. The Kier molecular flexibility index (Phi) is 8.28. The van der Waals surface area contributed by atoms with E-state index in [4.69, 9.17) is 9.68 Å². The molecule has 0 aliphatic heterocycles. The molecular formula is C21H22F5N3O3. The predicted molar refractivity (Wildman–Crippen MR) is 106 cm³/mol. The number of nitrogens with one attached hydrogen (secondary N) is 2. The molecule has 2 aromatic rings. The number of hydrogen-bond donors (Lipinski definition) is 2. The van der Waals surface area contributed by atoms with Crippen LogP contribution < -0.4 is 10.8 Å². The maximum atomic E-state index is 14.1. The molecule has 0 aliphatic carbocycles. The van der Waals surface area contributed by atoms with Crippen LogP contribution in [0.4, 0.5) is 22.0 Å². The summed E-state index contributed by atoms with van der Waals surface area (Å²) >= 11 is 0. The Morgan fingerprint density at radius 2 is 1.91 bits per heavy atom. The van der Waals surface area contributed by atoms with E-state index in [2.05, 4.69) is 16.0 Å². The number of carbonyl (C=O) groups excluding carboxylic acids is 1. The second-order valence-corrected chi connectivity index (χ2v) is 6.77. The third-order valence-electron chi connectivity index (χ3n) is 4.63. The first-order valence-electron chi connectivity index (χ1n) is 9.32. The molecular weight excluding hydrogens is 437 g/mol. The van der Waals surface area contributed by atoms with Crippen molar-refractivity contribution in [2.24, 2.45) is 5.16 Å². The van der Waals surface area contributed by atoms with Crippen LogP contribution in [0.15, 0.2) is 35.5 Å². The van der Waals surface area contributed by atoms with Gasteiger partial charge in [0.15, 0.2) is 0 Å². The zero-order valence-electron chi connectivity index (χ0n) is 17.7. The fourth-order valence-electron chi connectivity index (χ4n) is 3.12. The van der Waals surface area contributed by atoms with Gasteiger partial charge in [-0.05, 0) is 31.0 Å². The molecule has 0 spiro atoms. The van der Waals surface area contributed by atoms with Crippen molar-refractivity contribution in [3.63, 3.8) is 0 Å². The SMILES string of the molecule is CNC(=O)C(NOC)c1cccc(C)c1CO/N=C(\C)c1c(F)cc(F)cc1C(F)(F)F. The topological polar surface area (TPSA) is 72.0 Å². The van der Waals surface area contributed by atoms with Crippen molar-refractivity contribution >= 4 is 11.6 Å². The largest absolute Gasteiger partial charge is 0.417 e. The lowest BCUT2D eigenvalue weighted by Crippen LogP contribution is -2.36. The van der Waals surface area contributed by atoms with Crippen LogP contribution in [0.3, 0.4) is 0 Å². The Labute approximate surface area is 181 Å². The molecule has 0 heterocycles.